The van der Waals surface area contributed by atoms with Gasteiger partial charge in [0.15, 0.2) is 0 Å². The maximum Gasteiger partial charge on any atom is 0.343 e. The molecule has 0 spiro atoms. The molecule has 1 rings (SSSR count). The predicted molar refractivity (Wildman–Crippen MR) is 43.6 cm³/mol. The number of hydrogen-bond donors (Lipinski definition) is 1. The van der Waals surface area contributed by atoms with E-state index in [1.807, 2.05) is 5.48 Å². The van der Waals surface area contributed by atoms with Gasteiger partial charge >= 0.3 is 11.9 Å². The number of carbonyl (C=O) groups excluding carboxylic acids is 3. The number of rotatable bonds is 1. The van der Waals surface area contributed by atoms with Gasteiger partial charge in [0.2, 0.25) is 0 Å². The molecule has 1 N–H and O–H groups in total. The third-order valence-corrected chi connectivity index (χ3v) is 1.45. The van der Waals surface area contributed by atoms with Crippen molar-refractivity contribution in [2.45, 2.75) is 13.3 Å². The Morgan fingerprint density at radius 2 is 2.29 bits per heavy atom. The van der Waals surface area contributed by atoms with Crippen LogP contribution >= 0.6 is 0 Å². The van der Waals surface area contributed by atoms with Crippen LogP contribution in [0.25, 0.3) is 0 Å². The van der Waals surface area contributed by atoms with E-state index in [0.717, 1.165) is 6.92 Å². The summed E-state index contributed by atoms with van der Waals surface area (Å²) in [5.74, 6) is -2.14. The van der Waals surface area contributed by atoms with Crippen LogP contribution in [0.3, 0.4) is 0 Å². The van der Waals surface area contributed by atoms with Gasteiger partial charge in [-0.2, -0.15) is 5.48 Å². The maximum atomic E-state index is 11.2. The number of amides is 1. The number of nitrogens with one attached hydrogen (secondary N) is 1. The van der Waals surface area contributed by atoms with Gasteiger partial charge in [-0.05, 0) is 0 Å². The fourth-order valence-corrected chi connectivity index (χ4v) is 0.875. The summed E-state index contributed by atoms with van der Waals surface area (Å²) in [6.07, 6.45) is 1.92. The summed E-state index contributed by atoms with van der Waals surface area (Å²) in [5, 5.41) is 0. The molecule has 0 atom stereocenters. The fourth-order valence-electron chi connectivity index (χ4n) is 0.875. The number of hydrogen-bond acceptors (Lipinski definition) is 5. The van der Waals surface area contributed by atoms with Gasteiger partial charge < -0.3 is 9.57 Å². The topological polar surface area (TPSA) is 81.7 Å². The van der Waals surface area contributed by atoms with E-state index in [1.165, 1.54) is 6.08 Å². The molecular formula is C8H9NO5. The highest BCUT2D eigenvalue weighted by Gasteiger charge is 2.22. The second kappa shape index (κ2) is 4.40. The van der Waals surface area contributed by atoms with Gasteiger partial charge in [-0.15, -0.1) is 0 Å². The maximum absolute atomic E-state index is 11.2. The van der Waals surface area contributed by atoms with Crippen molar-refractivity contribution in [2.24, 2.45) is 0 Å². The second-order valence-corrected chi connectivity index (χ2v) is 2.57. The smallest absolute Gasteiger partial charge is 0.343 e. The van der Waals surface area contributed by atoms with Crippen LogP contribution in [-0.2, 0) is 24.0 Å². The second-order valence-electron chi connectivity index (χ2n) is 2.57. The van der Waals surface area contributed by atoms with Crippen molar-refractivity contribution in [1.82, 2.24) is 5.48 Å². The van der Waals surface area contributed by atoms with Gasteiger partial charge in [-0.25, -0.2) is 4.79 Å². The molecule has 1 heterocycles. The average Bonchev–Trinajstić information content (AvgIpc) is 2.15. The zero-order valence-corrected chi connectivity index (χ0v) is 7.53. The molecule has 76 valence electrons. The molecule has 0 aliphatic carbocycles. The Kier molecular flexibility index (Phi) is 3.22. The summed E-state index contributed by atoms with van der Waals surface area (Å²) in [6.45, 7) is 1.40. The van der Waals surface area contributed by atoms with E-state index in [9.17, 15) is 14.4 Å². The van der Waals surface area contributed by atoms with Crippen LogP contribution in [0.5, 0.6) is 0 Å². The Bertz CT molecular complexity index is 307. The number of ether oxygens (including phenoxy) is 1. The van der Waals surface area contributed by atoms with Crippen LogP contribution in [0.2, 0.25) is 0 Å². The van der Waals surface area contributed by atoms with Crippen molar-refractivity contribution in [3.63, 3.8) is 0 Å². The van der Waals surface area contributed by atoms with Gasteiger partial charge in [0.25, 0.3) is 5.91 Å². The molecule has 0 bridgehead atoms. The highest BCUT2D eigenvalue weighted by molar-refractivity contribution is 6.16. The SMILES string of the molecule is CC(=O)ONC(=O)C1=CCCOC1=O. The van der Waals surface area contributed by atoms with E-state index in [1.54, 1.807) is 0 Å². The average molecular weight is 199 g/mol. The molecule has 0 aromatic rings. The Labute approximate surface area is 79.8 Å². The number of cyclic esters (lactones) is 1. The first-order valence-electron chi connectivity index (χ1n) is 3.96. The summed E-state index contributed by atoms with van der Waals surface area (Å²) < 4.78 is 4.61. The summed E-state index contributed by atoms with van der Waals surface area (Å²) in [7, 11) is 0. The van der Waals surface area contributed by atoms with Gasteiger partial charge in [-0.3, -0.25) is 9.59 Å². The third kappa shape index (κ3) is 2.58. The monoisotopic (exact) mass is 199 g/mol. The summed E-state index contributed by atoms with van der Waals surface area (Å²) in [6, 6.07) is 0. The van der Waals surface area contributed by atoms with E-state index < -0.39 is 17.8 Å². The predicted octanol–water partition coefficient (Wildman–Crippen LogP) is -0.546. The van der Waals surface area contributed by atoms with Gasteiger partial charge in [0.1, 0.15) is 5.57 Å². The summed E-state index contributed by atoms with van der Waals surface area (Å²) in [5.41, 5.74) is 1.68. The molecule has 0 unspecified atom stereocenters. The van der Waals surface area contributed by atoms with E-state index in [0.29, 0.717) is 6.42 Å². The molecule has 0 radical (unpaired) electrons. The van der Waals surface area contributed by atoms with Crippen molar-refractivity contribution in [3.05, 3.63) is 11.6 Å². The molecule has 1 aliphatic rings. The van der Waals surface area contributed by atoms with Crippen LogP contribution in [0.1, 0.15) is 13.3 Å². The molecule has 1 aliphatic heterocycles. The van der Waals surface area contributed by atoms with Crippen LogP contribution in [0.15, 0.2) is 11.6 Å². The van der Waals surface area contributed by atoms with Crippen molar-refractivity contribution in [1.29, 1.82) is 0 Å². The highest BCUT2D eigenvalue weighted by Crippen LogP contribution is 2.07. The lowest BCUT2D eigenvalue weighted by atomic mass is 10.2. The van der Waals surface area contributed by atoms with Crippen LogP contribution in [0.4, 0.5) is 0 Å². The molecular weight excluding hydrogens is 190 g/mol. The Morgan fingerprint density at radius 1 is 1.57 bits per heavy atom. The van der Waals surface area contributed by atoms with Gasteiger partial charge in [-0.1, -0.05) is 6.08 Å². The lowest BCUT2D eigenvalue weighted by Gasteiger charge is -2.11. The van der Waals surface area contributed by atoms with E-state index in [4.69, 9.17) is 0 Å². The van der Waals surface area contributed by atoms with Crippen molar-refractivity contribution in [3.8, 4) is 0 Å². The van der Waals surface area contributed by atoms with Crippen LogP contribution in [-0.4, -0.2) is 24.5 Å². The Balaban J connectivity index is 2.55. The first-order chi connectivity index (χ1) is 6.61. The first-order valence-corrected chi connectivity index (χ1v) is 3.96. The van der Waals surface area contributed by atoms with Crippen molar-refractivity contribution < 1.29 is 24.0 Å². The van der Waals surface area contributed by atoms with Gasteiger partial charge in [0.05, 0.1) is 6.61 Å². The van der Waals surface area contributed by atoms with E-state index in [2.05, 4.69) is 9.57 Å². The Hall–Kier alpha value is -1.85. The van der Waals surface area contributed by atoms with E-state index in [-0.39, 0.29) is 12.2 Å². The number of esters is 1. The third-order valence-electron chi connectivity index (χ3n) is 1.45. The molecule has 0 fully saturated rings. The van der Waals surface area contributed by atoms with Crippen LogP contribution < -0.4 is 5.48 Å². The highest BCUT2D eigenvalue weighted by atomic mass is 16.7. The molecule has 6 heteroatoms. The minimum absolute atomic E-state index is 0.141. The standard InChI is InChI=1S/C8H9NO5/c1-5(10)14-9-7(11)6-3-2-4-13-8(6)12/h3H,2,4H2,1H3,(H,9,11). The zero-order chi connectivity index (χ0) is 10.6. The lowest BCUT2D eigenvalue weighted by molar-refractivity contribution is -0.156. The molecule has 1 amide bonds. The number of carbonyl (C=O) groups is 3. The number of hydroxylamine groups is 1. The largest absolute Gasteiger partial charge is 0.462 e. The molecule has 6 nitrogen and oxygen atoms in total. The molecule has 0 aromatic heterocycles. The van der Waals surface area contributed by atoms with Crippen LogP contribution in [0, 0.1) is 0 Å². The normalized spacial score (nSPS) is 15.2. The summed E-state index contributed by atoms with van der Waals surface area (Å²) >= 11 is 0. The van der Waals surface area contributed by atoms with Gasteiger partial charge in [0, 0.05) is 13.3 Å². The summed E-state index contributed by atoms with van der Waals surface area (Å²) in [4.78, 5) is 36.7. The fraction of sp³-hybridized carbons (Fsp3) is 0.375. The molecule has 0 saturated carbocycles. The lowest BCUT2D eigenvalue weighted by Crippen LogP contribution is -2.32. The van der Waals surface area contributed by atoms with Crippen molar-refractivity contribution in [2.75, 3.05) is 6.61 Å². The molecule has 0 aromatic carbocycles. The first kappa shape index (κ1) is 10.2. The quantitative estimate of drug-likeness (QED) is 0.348. The minimum Gasteiger partial charge on any atom is -0.462 e. The van der Waals surface area contributed by atoms with E-state index >= 15 is 0 Å². The molecule has 14 heavy (non-hydrogen) atoms. The molecule has 0 saturated heterocycles. The van der Waals surface area contributed by atoms with Crippen molar-refractivity contribution >= 4 is 17.8 Å². The minimum atomic E-state index is -0.773. The Morgan fingerprint density at radius 3 is 2.86 bits per heavy atom. The zero-order valence-electron chi connectivity index (χ0n) is 7.53.